The van der Waals surface area contributed by atoms with Gasteiger partial charge in [0.2, 0.25) is 0 Å². The van der Waals surface area contributed by atoms with Gasteiger partial charge in [0.1, 0.15) is 5.75 Å². The third-order valence-corrected chi connectivity index (χ3v) is 3.86. The molecule has 0 heterocycles. The number of hydrogen-bond donors (Lipinski definition) is 2. The number of hydrogen-bond acceptors (Lipinski definition) is 3. The van der Waals surface area contributed by atoms with Gasteiger partial charge >= 0.3 is 7.32 Å². The molecule has 0 radical (unpaired) electrons. The van der Waals surface area contributed by atoms with E-state index in [1.807, 2.05) is 0 Å². The van der Waals surface area contributed by atoms with Gasteiger partial charge in [0.25, 0.3) is 0 Å². The highest BCUT2D eigenvalue weighted by Gasteiger charge is 2.19. The Morgan fingerprint density at radius 1 is 0.750 bits per heavy atom. The molecule has 0 saturated heterocycles. The molecule has 4 aromatic carbocycles. The third kappa shape index (κ3) is 2.42. The average Bonchev–Trinajstić information content (AvgIpc) is 2.72. The fourth-order valence-corrected chi connectivity index (χ4v) is 2.97. The van der Waals surface area contributed by atoms with Gasteiger partial charge in [-0.15, -0.1) is 0 Å². The second-order valence-corrected chi connectivity index (χ2v) is 5.24. The van der Waals surface area contributed by atoms with Crippen LogP contribution in [0.5, 0.6) is 5.75 Å². The topological polar surface area (TPSA) is 49.7 Å². The highest BCUT2D eigenvalue weighted by molar-refractivity contribution is 6.35. The van der Waals surface area contributed by atoms with Crippen LogP contribution in [-0.4, -0.2) is 17.4 Å². The highest BCUT2D eigenvalue weighted by Crippen LogP contribution is 2.42. The second-order valence-electron chi connectivity index (χ2n) is 5.24. The van der Waals surface area contributed by atoms with Gasteiger partial charge < -0.3 is 14.7 Å². The highest BCUT2D eigenvalue weighted by atomic mass is 16.6. The summed E-state index contributed by atoms with van der Waals surface area (Å²) >= 11 is 0. The van der Waals surface area contributed by atoms with Gasteiger partial charge in [0.05, 0.1) is 6.85 Å². The van der Waals surface area contributed by atoms with Gasteiger partial charge in [-0.25, -0.2) is 0 Å². The van der Waals surface area contributed by atoms with E-state index in [2.05, 4.69) is 0 Å². The summed E-state index contributed by atoms with van der Waals surface area (Å²) in [4.78, 5) is 0. The van der Waals surface area contributed by atoms with Crippen molar-refractivity contribution in [3.05, 3.63) is 78.7 Å². The Bertz CT molecular complexity index is 1190. The molecule has 4 aromatic rings. The zero-order chi connectivity index (χ0) is 20.9. The molecule has 24 heavy (non-hydrogen) atoms. The fourth-order valence-electron chi connectivity index (χ4n) is 2.97. The standard InChI is InChI=1S/C20H15BO3/c22-21(23)24-20-17-12-6-4-10-15(17)19(14-8-2-1-3-9-14)16-11-5-7-13-18(16)20/h1-13,22-23H/i1D,2D,3D,8D,9D. The minimum Gasteiger partial charge on any atom is -0.511 e. The van der Waals surface area contributed by atoms with E-state index in [1.165, 1.54) is 0 Å². The van der Waals surface area contributed by atoms with E-state index < -0.39 is 25.4 Å². The first-order chi connectivity index (χ1) is 13.8. The van der Waals surface area contributed by atoms with E-state index in [1.54, 1.807) is 48.5 Å². The van der Waals surface area contributed by atoms with Crippen LogP contribution < -0.4 is 4.65 Å². The molecule has 116 valence electrons. The summed E-state index contributed by atoms with van der Waals surface area (Å²) in [5.41, 5.74) is 0.549. The van der Waals surface area contributed by atoms with Gasteiger partial charge in [0, 0.05) is 10.8 Å². The molecule has 0 fully saturated rings. The molecule has 0 atom stereocenters. The molecule has 0 bridgehead atoms. The molecule has 3 nitrogen and oxygen atoms in total. The summed E-state index contributed by atoms with van der Waals surface area (Å²) < 4.78 is 46.0. The van der Waals surface area contributed by atoms with Crippen LogP contribution in [0.15, 0.2) is 78.7 Å². The van der Waals surface area contributed by atoms with Crippen molar-refractivity contribution >= 4 is 28.9 Å². The van der Waals surface area contributed by atoms with Crippen molar-refractivity contribution in [2.75, 3.05) is 0 Å². The predicted molar refractivity (Wildman–Crippen MR) is 97.7 cm³/mol. The van der Waals surface area contributed by atoms with Gasteiger partial charge in [-0.1, -0.05) is 78.7 Å². The second kappa shape index (κ2) is 6.00. The molecule has 4 heteroatoms. The van der Waals surface area contributed by atoms with Crippen LogP contribution in [0.1, 0.15) is 6.85 Å². The van der Waals surface area contributed by atoms with Crippen molar-refractivity contribution in [3.8, 4) is 16.9 Å². The normalized spacial score (nSPS) is 13.8. The molecule has 2 N–H and O–H groups in total. The van der Waals surface area contributed by atoms with E-state index in [0.717, 1.165) is 0 Å². The van der Waals surface area contributed by atoms with E-state index in [9.17, 15) is 10.0 Å². The summed E-state index contributed by atoms with van der Waals surface area (Å²) in [6.07, 6.45) is 0. The first-order valence-corrected chi connectivity index (χ1v) is 7.36. The zero-order valence-corrected chi connectivity index (χ0v) is 12.5. The minimum absolute atomic E-state index is 0.0829. The van der Waals surface area contributed by atoms with Crippen LogP contribution in [0.4, 0.5) is 0 Å². The minimum atomic E-state index is -2.03. The predicted octanol–water partition coefficient (Wildman–Crippen LogP) is 4.01. The first-order valence-electron chi connectivity index (χ1n) is 9.86. The molecule has 0 aliphatic rings. The van der Waals surface area contributed by atoms with Crippen molar-refractivity contribution in [2.45, 2.75) is 0 Å². The Morgan fingerprint density at radius 2 is 1.25 bits per heavy atom. The Labute approximate surface area is 147 Å². The maximum Gasteiger partial charge on any atom is 0.707 e. The van der Waals surface area contributed by atoms with E-state index in [-0.39, 0.29) is 23.4 Å². The Morgan fingerprint density at radius 3 is 1.75 bits per heavy atom. The Balaban J connectivity index is 2.26. The van der Waals surface area contributed by atoms with E-state index >= 15 is 0 Å². The van der Waals surface area contributed by atoms with Crippen LogP contribution in [0.25, 0.3) is 32.7 Å². The molecule has 0 aliphatic carbocycles. The number of rotatable bonds is 3. The lowest BCUT2D eigenvalue weighted by molar-refractivity contribution is 0.291. The molecule has 0 saturated carbocycles. The molecule has 0 spiro atoms. The van der Waals surface area contributed by atoms with Crippen molar-refractivity contribution in [3.63, 3.8) is 0 Å². The maximum atomic E-state index is 9.41. The SMILES string of the molecule is [2H]c1c([2H])c([2H])c(-c2c3ccccc3c(OB(O)O)c3ccccc23)c([2H])c1[2H]. The summed E-state index contributed by atoms with van der Waals surface area (Å²) in [5, 5.41) is 21.0. The van der Waals surface area contributed by atoms with Crippen LogP contribution in [0, 0.1) is 0 Å². The molecule has 0 aliphatic heterocycles. The summed E-state index contributed by atoms with van der Waals surface area (Å²) in [7, 11) is -2.03. The largest absolute Gasteiger partial charge is 0.707 e. The molecular formula is C20H15BO3. The molecule has 0 amide bonds. The maximum absolute atomic E-state index is 9.41. The Kier molecular flexibility index (Phi) is 2.53. The van der Waals surface area contributed by atoms with Crippen molar-refractivity contribution < 1.29 is 21.6 Å². The first kappa shape index (κ1) is 10.1. The van der Waals surface area contributed by atoms with E-state index in [4.69, 9.17) is 11.5 Å². The molecule has 0 aromatic heterocycles. The quantitative estimate of drug-likeness (QED) is 0.443. The summed E-state index contributed by atoms with van der Waals surface area (Å²) in [5.74, 6) is 0.238. The molecular weight excluding hydrogens is 299 g/mol. The van der Waals surface area contributed by atoms with Crippen molar-refractivity contribution in [1.82, 2.24) is 0 Å². The summed E-state index contributed by atoms with van der Waals surface area (Å²) in [6.45, 7) is 0. The molecule has 4 rings (SSSR count). The van der Waals surface area contributed by atoms with Gasteiger partial charge in [-0.2, -0.15) is 0 Å². The Hall–Kier alpha value is -2.82. The lowest BCUT2D eigenvalue weighted by atomic mass is 9.91. The smallest absolute Gasteiger partial charge is 0.511 e. The van der Waals surface area contributed by atoms with Gasteiger partial charge in [0.15, 0.2) is 0 Å². The van der Waals surface area contributed by atoms with Crippen LogP contribution in [0.3, 0.4) is 0 Å². The number of benzene rings is 4. The van der Waals surface area contributed by atoms with Gasteiger partial charge in [-0.05, 0) is 21.9 Å². The van der Waals surface area contributed by atoms with Gasteiger partial charge in [-0.3, -0.25) is 0 Å². The lowest BCUT2D eigenvalue weighted by Gasteiger charge is -2.17. The summed E-state index contributed by atoms with van der Waals surface area (Å²) in [6, 6.07) is 12.0. The van der Waals surface area contributed by atoms with Crippen molar-refractivity contribution in [1.29, 1.82) is 0 Å². The van der Waals surface area contributed by atoms with Crippen LogP contribution in [0.2, 0.25) is 0 Å². The molecule has 0 unspecified atom stereocenters. The zero-order valence-electron chi connectivity index (χ0n) is 17.5. The van der Waals surface area contributed by atoms with Crippen molar-refractivity contribution in [2.24, 2.45) is 0 Å². The number of fused-ring (bicyclic) bond motifs is 2. The monoisotopic (exact) mass is 319 g/mol. The lowest BCUT2D eigenvalue weighted by Crippen LogP contribution is -2.21. The van der Waals surface area contributed by atoms with Crippen LogP contribution >= 0.6 is 0 Å². The fraction of sp³-hybridized carbons (Fsp3) is 0. The van der Waals surface area contributed by atoms with E-state index in [0.29, 0.717) is 27.1 Å². The van der Waals surface area contributed by atoms with Crippen LogP contribution in [-0.2, 0) is 0 Å². The average molecular weight is 319 g/mol. The third-order valence-electron chi connectivity index (χ3n) is 3.86.